The molecule has 0 aromatic heterocycles. The van der Waals surface area contributed by atoms with Gasteiger partial charge in [-0.3, -0.25) is 4.79 Å². The zero-order valence-electron chi connectivity index (χ0n) is 11.2. The average molecular weight is 234 g/mol. The van der Waals surface area contributed by atoms with Crippen molar-refractivity contribution in [1.82, 2.24) is 4.90 Å². The van der Waals surface area contributed by atoms with Crippen LogP contribution in [0.15, 0.2) is 24.3 Å². The lowest BCUT2D eigenvalue weighted by Gasteiger charge is -2.19. The van der Waals surface area contributed by atoms with Gasteiger partial charge in [0.2, 0.25) is 0 Å². The van der Waals surface area contributed by atoms with Crippen molar-refractivity contribution in [2.45, 2.75) is 33.7 Å². The summed E-state index contributed by atoms with van der Waals surface area (Å²) < 4.78 is 0. The van der Waals surface area contributed by atoms with E-state index in [1.54, 1.807) is 0 Å². The zero-order chi connectivity index (χ0) is 12.8. The molecule has 94 valence electrons. The Kier molecular flexibility index (Phi) is 5.01. The molecular weight excluding hydrogens is 212 g/mol. The van der Waals surface area contributed by atoms with Gasteiger partial charge in [-0.05, 0) is 45.9 Å². The van der Waals surface area contributed by atoms with Crippen LogP contribution in [-0.2, 0) is 0 Å². The standard InChI is InChI=1S/C14H22N2O/c1-5-16(6-2)14(17)12-8-7-9-13(10-12)15-11(3)4/h7-11,15H,5-6H2,1-4H3. The van der Waals surface area contributed by atoms with Crippen molar-refractivity contribution in [2.75, 3.05) is 18.4 Å². The number of hydrogen-bond donors (Lipinski definition) is 1. The molecule has 1 N–H and O–H groups in total. The molecule has 0 radical (unpaired) electrons. The summed E-state index contributed by atoms with van der Waals surface area (Å²) in [5, 5.41) is 3.30. The zero-order valence-corrected chi connectivity index (χ0v) is 11.2. The van der Waals surface area contributed by atoms with Crippen molar-refractivity contribution in [1.29, 1.82) is 0 Å². The maximum Gasteiger partial charge on any atom is 0.253 e. The Bertz CT molecular complexity index is 370. The van der Waals surface area contributed by atoms with Gasteiger partial charge in [-0.1, -0.05) is 6.07 Å². The molecule has 0 fully saturated rings. The number of carbonyl (C=O) groups is 1. The third-order valence-corrected chi connectivity index (χ3v) is 2.62. The first-order valence-corrected chi connectivity index (χ1v) is 6.24. The Morgan fingerprint density at radius 2 is 1.94 bits per heavy atom. The predicted molar refractivity (Wildman–Crippen MR) is 72.5 cm³/mol. The highest BCUT2D eigenvalue weighted by atomic mass is 16.2. The van der Waals surface area contributed by atoms with Crippen LogP contribution < -0.4 is 5.32 Å². The Hall–Kier alpha value is -1.51. The topological polar surface area (TPSA) is 32.3 Å². The predicted octanol–water partition coefficient (Wildman–Crippen LogP) is 2.99. The molecule has 0 saturated carbocycles. The fourth-order valence-corrected chi connectivity index (χ4v) is 1.77. The summed E-state index contributed by atoms with van der Waals surface area (Å²) in [7, 11) is 0. The average Bonchev–Trinajstić information content (AvgIpc) is 2.30. The van der Waals surface area contributed by atoms with Crippen LogP contribution in [0.25, 0.3) is 0 Å². The van der Waals surface area contributed by atoms with E-state index in [4.69, 9.17) is 0 Å². The van der Waals surface area contributed by atoms with Crippen LogP contribution in [0, 0.1) is 0 Å². The number of hydrogen-bond acceptors (Lipinski definition) is 2. The van der Waals surface area contributed by atoms with Gasteiger partial charge in [0.05, 0.1) is 0 Å². The molecule has 0 aliphatic rings. The fourth-order valence-electron chi connectivity index (χ4n) is 1.77. The minimum Gasteiger partial charge on any atom is -0.383 e. The molecule has 3 heteroatoms. The molecule has 0 spiro atoms. The van der Waals surface area contributed by atoms with Gasteiger partial charge in [0.1, 0.15) is 0 Å². The third-order valence-electron chi connectivity index (χ3n) is 2.62. The minimum absolute atomic E-state index is 0.0995. The van der Waals surface area contributed by atoms with Gasteiger partial charge in [0, 0.05) is 30.4 Å². The van der Waals surface area contributed by atoms with E-state index in [2.05, 4.69) is 19.2 Å². The number of nitrogens with zero attached hydrogens (tertiary/aromatic N) is 1. The second-order valence-electron chi connectivity index (χ2n) is 4.36. The Balaban J connectivity index is 2.87. The second kappa shape index (κ2) is 6.28. The number of anilines is 1. The summed E-state index contributed by atoms with van der Waals surface area (Å²) in [4.78, 5) is 14.0. The normalized spacial score (nSPS) is 10.4. The van der Waals surface area contributed by atoms with Gasteiger partial charge in [-0.2, -0.15) is 0 Å². The highest BCUT2D eigenvalue weighted by molar-refractivity contribution is 5.95. The summed E-state index contributed by atoms with van der Waals surface area (Å²) in [5.41, 5.74) is 1.75. The molecule has 1 aromatic carbocycles. The molecule has 0 atom stereocenters. The summed E-state index contributed by atoms with van der Waals surface area (Å²) in [6.45, 7) is 9.65. The van der Waals surface area contributed by atoms with E-state index in [9.17, 15) is 4.79 Å². The van der Waals surface area contributed by atoms with Gasteiger partial charge < -0.3 is 10.2 Å². The molecule has 0 bridgehead atoms. The molecule has 1 amide bonds. The van der Waals surface area contributed by atoms with Crippen LogP contribution >= 0.6 is 0 Å². The van der Waals surface area contributed by atoms with Crippen LogP contribution in [0.1, 0.15) is 38.1 Å². The molecule has 0 unspecified atom stereocenters. The SMILES string of the molecule is CCN(CC)C(=O)c1cccc(NC(C)C)c1. The largest absolute Gasteiger partial charge is 0.383 e. The molecule has 0 aliphatic carbocycles. The van der Waals surface area contributed by atoms with Crippen LogP contribution in [0.2, 0.25) is 0 Å². The number of amides is 1. The molecule has 0 aliphatic heterocycles. The fraction of sp³-hybridized carbons (Fsp3) is 0.500. The van der Waals surface area contributed by atoms with Crippen molar-refractivity contribution in [3.63, 3.8) is 0 Å². The highest BCUT2D eigenvalue weighted by Crippen LogP contribution is 2.13. The number of nitrogens with one attached hydrogen (secondary N) is 1. The van der Waals surface area contributed by atoms with Gasteiger partial charge in [0.25, 0.3) is 5.91 Å². The summed E-state index contributed by atoms with van der Waals surface area (Å²) in [6, 6.07) is 8.06. The molecule has 0 saturated heterocycles. The van der Waals surface area contributed by atoms with Crippen LogP contribution in [-0.4, -0.2) is 29.9 Å². The van der Waals surface area contributed by atoms with Gasteiger partial charge in [0.15, 0.2) is 0 Å². The maximum absolute atomic E-state index is 12.1. The highest BCUT2D eigenvalue weighted by Gasteiger charge is 2.12. The first-order chi connectivity index (χ1) is 8.08. The first-order valence-electron chi connectivity index (χ1n) is 6.24. The van der Waals surface area contributed by atoms with E-state index >= 15 is 0 Å². The lowest BCUT2D eigenvalue weighted by Crippen LogP contribution is -2.30. The minimum atomic E-state index is 0.0995. The Labute approximate surface area is 104 Å². The molecule has 3 nitrogen and oxygen atoms in total. The van der Waals surface area contributed by atoms with E-state index < -0.39 is 0 Å². The monoisotopic (exact) mass is 234 g/mol. The number of benzene rings is 1. The van der Waals surface area contributed by atoms with Crippen molar-refractivity contribution < 1.29 is 4.79 Å². The van der Waals surface area contributed by atoms with Crippen LogP contribution in [0.3, 0.4) is 0 Å². The lowest BCUT2D eigenvalue weighted by molar-refractivity contribution is 0.0773. The summed E-state index contributed by atoms with van der Waals surface area (Å²) in [5.74, 6) is 0.0995. The molecule has 17 heavy (non-hydrogen) atoms. The lowest BCUT2D eigenvalue weighted by atomic mass is 10.1. The second-order valence-corrected chi connectivity index (χ2v) is 4.36. The third kappa shape index (κ3) is 3.77. The Morgan fingerprint density at radius 1 is 1.29 bits per heavy atom. The van der Waals surface area contributed by atoms with Crippen LogP contribution in [0.5, 0.6) is 0 Å². The van der Waals surface area contributed by atoms with Crippen molar-refractivity contribution in [2.24, 2.45) is 0 Å². The van der Waals surface area contributed by atoms with Gasteiger partial charge in [-0.15, -0.1) is 0 Å². The number of rotatable bonds is 5. The molecule has 0 heterocycles. The van der Waals surface area contributed by atoms with Crippen LogP contribution in [0.4, 0.5) is 5.69 Å². The van der Waals surface area contributed by atoms with E-state index in [1.165, 1.54) is 0 Å². The van der Waals surface area contributed by atoms with E-state index in [0.29, 0.717) is 6.04 Å². The molecular formula is C14H22N2O. The maximum atomic E-state index is 12.1. The summed E-state index contributed by atoms with van der Waals surface area (Å²) in [6.07, 6.45) is 0. The Morgan fingerprint density at radius 3 is 2.47 bits per heavy atom. The van der Waals surface area contributed by atoms with Gasteiger partial charge >= 0.3 is 0 Å². The van der Waals surface area contributed by atoms with Crippen molar-refractivity contribution in [3.05, 3.63) is 29.8 Å². The van der Waals surface area contributed by atoms with Crippen molar-refractivity contribution >= 4 is 11.6 Å². The first kappa shape index (κ1) is 13.6. The molecule has 1 aromatic rings. The van der Waals surface area contributed by atoms with E-state index in [-0.39, 0.29) is 5.91 Å². The number of carbonyl (C=O) groups excluding carboxylic acids is 1. The molecule has 1 rings (SSSR count). The van der Waals surface area contributed by atoms with E-state index in [1.807, 2.05) is 43.0 Å². The summed E-state index contributed by atoms with van der Waals surface area (Å²) >= 11 is 0. The quantitative estimate of drug-likeness (QED) is 0.849. The smallest absolute Gasteiger partial charge is 0.253 e. The van der Waals surface area contributed by atoms with Gasteiger partial charge in [-0.25, -0.2) is 0 Å². The van der Waals surface area contributed by atoms with Crippen molar-refractivity contribution in [3.8, 4) is 0 Å². The van der Waals surface area contributed by atoms with E-state index in [0.717, 1.165) is 24.3 Å².